The van der Waals surface area contributed by atoms with Crippen LogP contribution in [0.4, 0.5) is 0 Å². The maximum absolute atomic E-state index is 6.29. The van der Waals surface area contributed by atoms with Crippen LogP contribution in [-0.4, -0.2) is 23.9 Å². The second kappa shape index (κ2) is 5.42. The van der Waals surface area contributed by atoms with Crippen molar-refractivity contribution in [1.82, 2.24) is 15.1 Å². The summed E-state index contributed by atoms with van der Waals surface area (Å²) in [5.41, 5.74) is 3.11. The van der Waals surface area contributed by atoms with Gasteiger partial charge in [-0.1, -0.05) is 11.6 Å². The van der Waals surface area contributed by atoms with Crippen LogP contribution in [0.5, 0.6) is 5.75 Å². The van der Waals surface area contributed by atoms with E-state index in [4.69, 9.17) is 16.3 Å². The first kappa shape index (κ1) is 12.9. The largest absolute Gasteiger partial charge is 0.497 e. The number of aryl methyl sites for hydroxylation is 1. The fourth-order valence-electron chi connectivity index (χ4n) is 1.91. The molecule has 1 N–H and O–H groups in total. The Labute approximate surface area is 112 Å². The van der Waals surface area contributed by atoms with Gasteiger partial charge >= 0.3 is 0 Å². The Hall–Kier alpha value is -1.52. The Morgan fingerprint density at radius 1 is 1.39 bits per heavy atom. The molecule has 0 bridgehead atoms. The van der Waals surface area contributed by atoms with Crippen molar-refractivity contribution in [1.29, 1.82) is 0 Å². The molecular formula is C13H16ClN3O. The zero-order valence-corrected chi connectivity index (χ0v) is 11.5. The lowest BCUT2D eigenvalue weighted by Crippen LogP contribution is -2.10. The topological polar surface area (TPSA) is 39.1 Å². The fourth-order valence-corrected chi connectivity index (χ4v) is 2.18. The monoisotopic (exact) mass is 265 g/mol. The van der Waals surface area contributed by atoms with Gasteiger partial charge in [-0.3, -0.25) is 4.68 Å². The molecule has 0 saturated carbocycles. The van der Waals surface area contributed by atoms with Crippen LogP contribution in [0.2, 0.25) is 5.02 Å². The molecule has 0 aliphatic heterocycles. The van der Waals surface area contributed by atoms with E-state index < -0.39 is 0 Å². The van der Waals surface area contributed by atoms with Gasteiger partial charge in [-0.15, -0.1) is 0 Å². The molecule has 0 atom stereocenters. The van der Waals surface area contributed by atoms with Gasteiger partial charge in [0.2, 0.25) is 0 Å². The SMILES string of the molecule is CNCc1c(-c2ccc(OC)cc2Cl)cnn1C. The number of aromatic nitrogens is 2. The van der Waals surface area contributed by atoms with E-state index in [2.05, 4.69) is 10.4 Å². The Morgan fingerprint density at radius 3 is 2.78 bits per heavy atom. The molecule has 1 aromatic heterocycles. The fraction of sp³-hybridized carbons (Fsp3) is 0.308. The average molecular weight is 266 g/mol. The van der Waals surface area contributed by atoms with Crippen molar-refractivity contribution in [2.75, 3.05) is 14.2 Å². The van der Waals surface area contributed by atoms with E-state index in [1.54, 1.807) is 7.11 Å². The number of benzene rings is 1. The third kappa shape index (κ3) is 2.35. The summed E-state index contributed by atoms with van der Waals surface area (Å²) in [4.78, 5) is 0. The molecule has 0 spiro atoms. The molecule has 0 amide bonds. The minimum Gasteiger partial charge on any atom is -0.497 e. The smallest absolute Gasteiger partial charge is 0.120 e. The molecule has 18 heavy (non-hydrogen) atoms. The first-order valence-electron chi connectivity index (χ1n) is 5.66. The van der Waals surface area contributed by atoms with Crippen LogP contribution in [0.1, 0.15) is 5.69 Å². The number of halogens is 1. The third-order valence-corrected chi connectivity index (χ3v) is 3.18. The first-order chi connectivity index (χ1) is 8.67. The molecule has 96 valence electrons. The summed E-state index contributed by atoms with van der Waals surface area (Å²) in [7, 11) is 5.46. The lowest BCUT2D eigenvalue weighted by molar-refractivity contribution is 0.415. The summed E-state index contributed by atoms with van der Waals surface area (Å²) in [6.45, 7) is 0.744. The zero-order valence-electron chi connectivity index (χ0n) is 10.7. The van der Waals surface area contributed by atoms with Crippen molar-refractivity contribution in [3.8, 4) is 16.9 Å². The average Bonchev–Trinajstić information content (AvgIpc) is 2.72. The van der Waals surface area contributed by atoms with Crippen molar-refractivity contribution >= 4 is 11.6 Å². The molecule has 1 heterocycles. The Balaban J connectivity index is 2.48. The molecule has 0 unspecified atom stereocenters. The number of ether oxygens (including phenoxy) is 1. The van der Waals surface area contributed by atoms with E-state index >= 15 is 0 Å². The highest BCUT2D eigenvalue weighted by Crippen LogP contribution is 2.32. The van der Waals surface area contributed by atoms with Crippen molar-refractivity contribution in [2.45, 2.75) is 6.54 Å². The van der Waals surface area contributed by atoms with Gasteiger partial charge in [0.05, 0.1) is 24.0 Å². The number of methoxy groups -OCH3 is 1. The Bertz CT molecular complexity index is 551. The molecule has 0 saturated heterocycles. The zero-order chi connectivity index (χ0) is 13.1. The van der Waals surface area contributed by atoms with E-state index in [1.807, 2.05) is 43.2 Å². The predicted molar refractivity (Wildman–Crippen MR) is 73.0 cm³/mol. The lowest BCUT2D eigenvalue weighted by atomic mass is 10.1. The molecular weight excluding hydrogens is 250 g/mol. The quantitative estimate of drug-likeness (QED) is 0.923. The molecule has 5 heteroatoms. The maximum Gasteiger partial charge on any atom is 0.120 e. The van der Waals surface area contributed by atoms with Crippen LogP contribution in [0.3, 0.4) is 0 Å². The minimum atomic E-state index is 0.666. The van der Waals surface area contributed by atoms with Crippen LogP contribution < -0.4 is 10.1 Å². The van der Waals surface area contributed by atoms with Gasteiger partial charge in [-0.25, -0.2) is 0 Å². The van der Waals surface area contributed by atoms with Gasteiger partial charge in [-0.05, 0) is 25.2 Å². The standard InChI is InChI=1S/C13H16ClN3O/c1-15-8-13-11(7-16-17(13)2)10-5-4-9(18-3)6-12(10)14/h4-7,15H,8H2,1-3H3. The summed E-state index contributed by atoms with van der Waals surface area (Å²) in [6, 6.07) is 5.67. The van der Waals surface area contributed by atoms with Gasteiger partial charge in [0.15, 0.2) is 0 Å². The van der Waals surface area contributed by atoms with Gasteiger partial charge in [0.25, 0.3) is 0 Å². The van der Waals surface area contributed by atoms with Crippen LogP contribution in [0.25, 0.3) is 11.1 Å². The molecule has 0 radical (unpaired) electrons. The summed E-state index contributed by atoms with van der Waals surface area (Å²) >= 11 is 6.29. The van der Waals surface area contributed by atoms with Gasteiger partial charge in [-0.2, -0.15) is 5.10 Å². The Morgan fingerprint density at radius 2 is 2.17 bits per heavy atom. The van der Waals surface area contributed by atoms with Crippen LogP contribution in [0, 0.1) is 0 Å². The van der Waals surface area contributed by atoms with Gasteiger partial charge in [0.1, 0.15) is 5.75 Å². The summed E-state index contributed by atoms with van der Waals surface area (Å²) in [6.07, 6.45) is 1.83. The molecule has 0 aliphatic rings. The van der Waals surface area contributed by atoms with Crippen LogP contribution >= 0.6 is 11.6 Å². The van der Waals surface area contributed by atoms with Crippen molar-refractivity contribution in [3.63, 3.8) is 0 Å². The molecule has 4 nitrogen and oxygen atoms in total. The van der Waals surface area contributed by atoms with Crippen LogP contribution in [-0.2, 0) is 13.6 Å². The predicted octanol–water partition coefficient (Wildman–Crippen LogP) is 2.47. The number of nitrogens with zero attached hydrogens (tertiary/aromatic N) is 2. The molecule has 0 fully saturated rings. The molecule has 1 aromatic carbocycles. The number of hydrogen-bond acceptors (Lipinski definition) is 3. The summed E-state index contributed by atoms with van der Waals surface area (Å²) in [5.74, 6) is 0.753. The number of nitrogens with one attached hydrogen (secondary N) is 1. The maximum atomic E-state index is 6.29. The summed E-state index contributed by atoms with van der Waals surface area (Å²) < 4.78 is 7.00. The Kier molecular flexibility index (Phi) is 3.89. The van der Waals surface area contributed by atoms with Gasteiger partial charge < -0.3 is 10.1 Å². The number of rotatable bonds is 4. The van der Waals surface area contributed by atoms with E-state index in [-0.39, 0.29) is 0 Å². The second-order valence-electron chi connectivity index (χ2n) is 4.00. The third-order valence-electron chi connectivity index (χ3n) is 2.87. The van der Waals surface area contributed by atoms with Crippen LogP contribution in [0.15, 0.2) is 24.4 Å². The van der Waals surface area contributed by atoms with Crippen molar-refractivity contribution in [2.24, 2.45) is 7.05 Å². The van der Waals surface area contributed by atoms with Crippen molar-refractivity contribution < 1.29 is 4.74 Å². The molecule has 0 aliphatic carbocycles. The van der Waals surface area contributed by atoms with E-state index in [1.165, 1.54) is 0 Å². The summed E-state index contributed by atoms with van der Waals surface area (Å²) in [5, 5.41) is 8.08. The minimum absolute atomic E-state index is 0.666. The van der Waals surface area contributed by atoms with E-state index in [0.717, 1.165) is 29.1 Å². The molecule has 2 rings (SSSR count). The highest BCUT2D eigenvalue weighted by Gasteiger charge is 2.13. The molecule has 2 aromatic rings. The van der Waals surface area contributed by atoms with E-state index in [9.17, 15) is 0 Å². The van der Waals surface area contributed by atoms with E-state index in [0.29, 0.717) is 5.02 Å². The lowest BCUT2D eigenvalue weighted by Gasteiger charge is -2.08. The first-order valence-corrected chi connectivity index (χ1v) is 6.04. The normalized spacial score (nSPS) is 10.7. The second-order valence-corrected chi connectivity index (χ2v) is 4.41. The van der Waals surface area contributed by atoms with Crippen molar-refractivity contribution in [3.05, 3.63) is 35.1 Å². The highest BCUT2D eigenvalue weighted by molar-refractivity contribution is 6.33. The van der Waals surface area contributed by atoms with Gasteiger partial charge in [0, 0.05) is 24.7 Å². The number of hydrogen-bond donors (Lipinski definition) is 1. The highest BCUT2D eigenvalue weighted by atomic mass is 35.5.